The fourth-order valence-electron chi connectivity index (χ4n) is 2.82. The molecule has 1 aliphatic rings. The van der Waals surface area contributed by atoms with Gasteiger partial charge in [0.15, 0.2) is 0 Å². The zero-order chi connectivity index (χ0) is 12.8. The largest absolute Gasteiger partial charge is 0.382 e. The van der Waals surface area contributed by atoms with E-state index in [9.17, 15) is 0 Å². The van der Waals surface area contributed by atoms with Crippen molar-refractivity contribution in [2.45, 2.75) is 38.3 Å². The van der Waals surface area contributed by atoms with E-state index in [2.05, 4.69) is 29.6 Å². The average molecular weight is 248 g/mol. The van der Waals surface area contributed by atoms with Crippen molar-refractivity contribution >= 4 is 5.69 Å². The van der Waals surface area contributed by atoms with Crippen molar-refractivity contribution in [3.8, 4) is 0 Å². The van der Waals surface area contributed by atoms with Crippen molar-refractivity contribution in [3.63, 3.8) is 0 Å². The smallest absolute Gasteiger partial charge is 0.0733 e. The van der Waals surface area contributed by atoms with E-state index in [4.69, 9.17) is 10.5 Å². The predicted molar refractivity (Wildman–Crippen MR) is 75.6 cm³/mol. The highest BCUT2D eigenvalue weighted by atomic mass is 16.5. The number of benzene rings is 1. The second kappa shape index (κ2) is 6.76. The van der Waals surface area contributed by atoms with E-state index in [0.717, 1.165) is 6.54 Å². The average Bonchev–Trinajstić information content (AvgIpc) is 2.42. The van der Waals surface area contributed by atoms with Crippen LogP contribution in [0.15, 0.2) is 24.3 Å². The van der Waals surface area contributed by atoms with Gasteiger partial charge in [-0.05, 0) is 31.4 Å². The summed E-state index contributed by atoms with van der Waals surface area (Å²) in [7, 11) is 1.74. The summed E-state index contributed by atoms with van der Waals surface area (Å²) in [5.41, 5.74) is 8.30. The standard InChI is InChI=1S/C15H24N2O/c1-18-11-13-7-3-5-9-15(13)17-14-8-4-2-6-12(14)10-16/h3,5,7,9,12,14,17H,2,4,6,8,10-11,16H2,1H3. The molecule has 0 bridgehead atoms. The van der Waals surface area contributed by atoms with Gasteiger partial charge in [0.2, 0.25) is 0 Å². The maximum absolute atomic E-state index is 5.88. The number of nitrogens with one attached hydrogen (secondary N) is 1. The first-order chi connectivity index (χ1) is 8.85. The summed E-state index contributed by atoms with van der Waals surface area (Å²) in [4.78, 5) is 0. The van der Waals surface area contributed by atoms with Crippen molar-refractivity contribution in [3.05, 3.63) is 29.8 Å². The molecule has 0 aliphatic heterocycles. The molecule has 2 unspecified atom stereocenters. The monoisotopic (exact) mass is 248 g/mol. The van der Waals surface area contributed by atoms with Crippen molar-refractivity contribution < 1.29 is 4.74 Å². The Labute approximate surface area is 110 Å². The molecule has 1 aromatic carbocycles. The number of nitrogens with two attached hydrogens (primary N) is 1. The molecule has 3 heteroatoms. The van der Waals surface area contributed by atoms with Crippen molar-refractivity contribution in [1.82, 2.24) is 0 Å². The first-order valence-electron chi connectivity index (χ1n) is 6.88. The van der Waals surface area contributed by atoms with Gasteiger partial charge in [0.05, 0.1) is 6.61 Å². The van der Waals surface area contributed by atoms with Crippen LogP contribution in [0.1, 0.15) is 31.2 Å². The molecule has 0 radical (unpaired) electrons. The van der Waals surface area contributed by atoms with Gasteiger partial charge in [-0.15, -0.1) is 0 Å². The van der Waals surface area contributed by atoms with E-state index in [1.165, 1.54) is 36.9 Å². The summed E-state index contributed by atoms with van der Waals surface area (Å²) in [6.07, 6.45) is 5.10. The molecule has 1 aromatic rings. The van der Waals surface area contributed by atoms with E-state index in [1.54, 1.807) is 7.11 Å². The minimum Gasteiger partial charge on any atom is -0.382 e. The topological polar surface area (TPSA) is 47.3 Å². The maximum atomic E-state index is 5.88. The van der Waals surface area contributed by atoms with Gasteiger partial charge < -0.3 is 15.8 Å². The Bertz CT molecular complexity index is 367. The number of para-hydroxylation sites is 1. The molecule has 1 aliphatic carbocycles. The number of methoxy groups -OCH3 is 1. The van der Waals surface area contributed by atoms with E-state index >= 15 is 0 Å². The van der Waals surface area contributed by atoms with Crippen LogP contribution < -0.4 is 11.1 Å². The normalized spacial score (nSPS) is 23.9. The molecule has 0 heterocycles. The minimum absolute atomic E-state index is 0.516. The third-order valence-electron chi connectivity index (χ3n) is 3.87. The Morgan fingerprint density at radius 2 is 2.06 bits per heavy atom. The first kappa shape index (κ1) is 13.4. The Morgan fingerprint density at radius 1 is 1.28 bits per heavy atom. The number of ether oxygens (including phenoxy) is 1. The van der Waals surface area contributed by atoms with Crippen LogP contribution in [0.5, 0.6) is 0 Å². The van der Waals surface area contributed by atoms with Crippen LogP contribution in [0.4, 0.5) is 5.69 Å². The second-order valence-corrected chi connectivity index (χ2v) is 5.12. The molecule has 100 valence electrons. The van der Waals surface area contributed by atoms with Crippen LogP contribution in [0.25, 0.3) is 0 Å². The predicted octanol–water partition coefficient (Wildman–Crippen LogP) is 2.76. The molecular formula is C15H24N2O. The highest BCUT2D eigenvalue weighted by Gasteiger charge is 2.24. The molecule has 0 amide bonds. The van der Waals surface area contributed by atoms with Crippen LogP contribution in [0.2, 0.25) is 0 Å². The summed E-state index contributed by atoms with van der Waals surface area (Å²) in [6.45, 7) is 1.44. The maximum Gasteiger partial charge on any atom is 0.0733 e. The summed E-state index contributed by atoms with van der Waals surface area (Å²) in [5.74, 6) is 0.606. The van der Waals surface area contributed by atoms with Gasteiger partial charge in [0, 0.05) is 24.4 Å². The quantitative estimate of drug-likeness (QED) is 0.842. The molecule has 2 atom stereocenters. The molecule has 0 aromatic heterocycles. The van der Waals surface area contributed by atoms with Gasteiger partial charge in [-0.25, -0.2) is 0 Å². The number of anilines is 1. The van der Waals surface area contributed by atoms with E-state index in [0.29, 0.717) is 18.6 Å². The fourth-order valence-corrected chi connectivity index (χ4v) is 2.82. The van der Waals surface area contributed by atoms with E-state index in [1.807, 2.05) is 0 Å². The number of rotatable bonds is 5. The summed E-state index contributed by atoms with van der Waals surface area (Å²) in [6, 6.07) is 8.90. The van der Waals surface area contributed by atoms with E-state index < -0.39 is 0 Å². The number of hydrogen-bond donors (Lipinski definition) is 2. The zero-order valence-corrected chi connectivity index (χ0v) is 11.2. The lowest BCUT2D eigenvalue weighted by atomic mass is 9.84. The Balaban J connectivity index is 2.07. The third kappa shape index (κ3) is 3.24. The lowest BCUT2D eigenvalue weighted by molar-refractivity contribution is 0.185. The van der Waals surface area contributed by atoms with Gasteiger partial charge in [-0.3, -0.25) is 0 Å². The molecule has 3 nitrogen and oxygen atoms in total. The van der Waals surface area contributed by atoms with Crippen molar-refractivity contribution in [2.75, 3.05) is 19.0 Å². The SMILES string of the molecule is COCc1ccccc1NC1CCCCC1CN. The summed E-state index contributed by atoms with van der Waals surface area (Å²) in [5, 5.41) is 3.68. The molecule has 3 N–H and O–H groups in total. The fraction of sp³-hybridized carbons (Fsp3) is 0.600. The Morgan fingerprint density at radius 3 is 2.83 bits per heavy atom. The summed E-state index contributed by atoms with van der Waals surface area (Å²) < 4.78 is 5.25. The van der Waals surface area contributed by atoms with Crippen molar-refractivity contribution in [1.29, 1.82) is 0 Å². The first-order valence-corrected chi connectivity index (χ1v) is 6.88. The molecule has 18 heavy (non-hydrogen) atoms. The van der Waals surface area contributed by atoms with Crippen molar-refractivity contribution in [2.24, 2.45) is 11.7 Å². The van der Waals surface area contributed by atoms with Gasteiger partial charge in [0.1, 0.15) is 0 Å². The van der Waals surface area contributed by atoms with Gasteiger partial charge in [-0.2, -0.15) is 0 Å². The van der Waals surface area contributed by atoms with E-state index in [-0.39, 0.29) is 0 Å². The molecular weight excluding hydrogens is 224 g/mol. The molecule has 0 spiro atoms. The summed E-state index contributed by atoms with van der Waals surface area (Å²) >= 11 is 0. The molecule has 2 rings (SSSR count). The Kier molecular flexibility index (Phi) is 5.02. The lowest BCUT2D eigenvalue weighted by Gasteiger charge is -2.32. The van der Waals surface area contributed by atoms with Crippen LogP contribution in [0.3, 0.4) is 0 Å². The van der Waals surface area contributed by atoms with Gasteiger partial charge in [-0.1, -0.05) is 31.0 Å². The highest BCUT2D eigenvalue weighted by Crippen LogP contribution is 2.28. The third-order valence-corrected chi connectivity index (χ3v) is 3.87. The van der Waals surface area contributed by atoms with Crippen LogP contribution >= 0.6 is 0 Å². The van der Waals surface area contributed by atoms with Gasteiger partial charge in [0.25, 0.3) is 0 Å². The Hall–Kier alpha value is -1.06. The zero-order valence-electron chi connectivity index (χ0n) is 11.2. The minimum atomic E-state index is 0.516. The van der Waals surface area contributed by atoms with Crippen LogP contribution in [-0.4, -0.2) is 19.7 Å². The highest BCUT2D eigenvalue weighted by molar-refractivity contribution is 5.51. The van der Waals surface area contributed by atoms with Crippen LogP contribution in [-0.2, 0) is 11.3 Å². The number of hydrogen-bond acceptors (Lipinski definition) is 3. The second-order valence-electron chi connectivity index (χ2n) is 5.12. The molecule has 1 fully saturated rings. The van der Waals surface area contributed by atoms with Crippen LogP contribution in [0, 0.1) is 5.92 Å². The lowest BCUT2D eigenvalue weighted by Crippen LogP contribution is -2.36. The van der Waals surface area contributed by atoms with Gasteiger partial charge >= 0.3 is 0 Å². The molecule has 1 saturated carbocycles. The molecule has 0 saturated heterocycles.